The molecule has 2 unspecified atom stereocenters. The molecule has 2 heteroatoms. The van der Waals surface area contributed by atoms with Crippen molar-refractivity contribution in [2.45, 2.75) is 18.9 Å². The highest BCUT2D eigenvalue weighted by atomic mass is 16.5. The standard InChI is InChI=1S/C17H19NO/c1-12-6-5-7-13(10-12)17(18-2)15-11-19-16-9-4-3-8-14(15)16/h3-10,15,17-18H,11H2,1-2H3. The van der Waals surface area contributed by atoms with Gasteiger partial charge in [0.1, 0.15) is 5.75 Å². The van der Waals surface area contributed by atoms with Gasteiger partial charge in [-0.2, -0.15) is 0 Å². The molecule has 0 radical (unpaired) electrons. The Labute approximate surface area is 114 Å². The third-order valence-electron chi connectivity index (χ3n) is 3.85. The van der Waals surface area contributed by atoms with Crippen LogP contribution in [0.15, 0.2) is 48.5 Å². The van der Waals surface area contributed by atoms with Crippen molar-refractivity contribution in [2.75, 3.05) is 13.7 Å². The van der Waals surface area contributed by atoms with E-state index in [9.17, 15) is 0 Å². The zero-order valence-electron chi connectivity index (χ0n) is 11.4. The molecule has 0 saturated carbocycles. The van der Waals surface area contributed by atoms with Gasteiger partial charge in [-0.1, -0.05) is 48.0 Å². The van der Waals surface area contributed by atoms with Gasteiger partial charge >= 0.3 is 0 Å². The lowest BCUT2D eigenvalue weighted by atomic mass is 9.88. The van der Waals surface area contributed by atoms with Gasteiger partial charge in [-0.15, -0.1) is 0 Å². The molecule has 1 heterocycles. The first-order valence-corrected chi connectivity index (χ1v) is 6.75. The number of para-hydroxylation sites is 1. The van der Waals surface area contributed by atoms with Crippen molar-refractivity contribution in [1.29, 1.82) is 0 Å². The van der Waals surface area contributed by atoms with Crippen molar-refractivity contribution in [3.8, 4) is 5.75 Å². The number of nitrogens with one attached hydrogen (secondary N) is 1. The van der Waals surface area contributed by atoms with Crippen LogP contribution in [0, 0.1) is 6.92 Å². The van der Waals surface area contributed by atoms with Crippen LogP contribution in [0.5, 0.6) is 5.75 Å². The molecule has 19 heavy (non-hydrogen) atoms. The van der Waals surface area contributed by atoms with Gasteiger partial charge in [0, 0.05) is 17.5 Å². The average Bonchev–Trinajstić information content (AvgIpc) is 2.84. The molecular formula is C17H19NO. The van der Waals surface area contributed by atoms with Crippen LogP contribution in [-0.2, 0) is 0 Å². The van der Waals surface area contributed by atoms with E-state index in [0.29, 0.717) is 12.0 Å². The minimum atomic E-state index is 0.295. The van der Waals surface area contributed by atoms with Crippen molar-refractivity contribution in [1.82, 2.24) is 5.32 Å². The first-order chi connectivity index (χ1) is 9.29. The molecule has 2 aromatic rings. The Morgan fingerprint density at radius 1 is 1.16 bits per heavy atom. The molecule has 1 N–H and O–H groups in total. The second kappa shape index (κ2) is 5.06. The maximum atomic E-state index is 5.81. The largest absolute Gasteiger partial charge is 0.493 e. The molecule has 2 aromatic carbocycles. The molecule has 1 aliphatic heterocycles. The Morgan fingerprint density at radius 2 is 2.00 bits per heavy atom. The van der Waals surface area contributed by atoms with Crippen molar-refractivity contribution >= 4 is 0 Å². The SMILES string of the molecule is CNC(c1cccc(C)c1)C1COc2ccccc21. The summed E-state index contributed by atoms with van der Waals surface area (Å²) >= 11 is 0. The molecule has 0 bridgehead atoms. The lowest BCUT2D eigenvalue weighted by Crippen LogP contribution is -2.24. The average molecular weight is 253 g/mol. The fourth-order valence-electron chi connectivity index (χ4n) is 2.93. The summed E-state index contributed by atoms with van der Waals surface area (Å²) < 4.78 is 5.81. The topological polar surface area (TPSA) is 21.3 Å². The van der Waals surface area contributed by atoms with E-state index in [1.54, 1.807) is 0 Å². The number of hydrogen-bond donors (Lipinski definition) is 1. The quantitative estimate of drug-likeness (QED) is 0.905. The van der Waals surface area contributed by atoms with E-state index in [2.05, 4.69) is 54.7 Å². The van der Waals surface area contributed by atoms with E-state index in [-0.39, 0.29) is 0 Å². The number of benzene rings is 2. The third kappa shape index (κ3) is 2.24. The Hall–Kier alpha value is -1.80. The first kappa shape index (κ1) is 12.2. The second-order valence-corrected chi connectivity index (χ2v) is 5.14. The summed E-state index contributed by atoms with van der Waals surface area (Å²) in [7, 11) is 2.02. The summed E-state index contributed by atoms with van der Waals surface area (Å²) in [5.41, 5.74) is 3.93. The van der Waals surface area contributed by atoms with Gasteiger partial charge in [0.25, 0.3) is 0 Å². The van der Waals surface area contributed by atoms with Crippen LogP contribution in [0.2, 0.25) is 0 Å². The predicted octanol–water partition coefficient (Wildman–Crippen LogP) is 3.43. The van der Waals surface area contributed by atoms with Crippen LogP contribution >= 0.6 is 0 Å². The smallest absolute Gasteiger partial charge is 0.122 e. The van der Waals surface area contributed by atoms with Gasteiger partial charge in [-0.3, -0.25) is 0 Å². The third-order valence-corrected chi connectivity index (χ3v) is 3.85. The van der Waals surface area contributed by atoms with Crippen LogP contribution in [0.4, 0.5) is 0 Å². The number of ether oxygens (including phenoxy) is 1. The van der Waals surface area contributed by atoms with Crippen molar-refractivity contribution in [2.24, 2.45) is 0 Å². The van der Waals surface area contributed by atoms with E-state index in [1.807, 2.05) is 13.1 Å². The molecule has 0 amide bonds. The van der Waals surface area contributed by atoms with Crippen LogP contribution < -0.4 is 10.1 Å². The second-order valence-electron chi connectivity index (χ2n) is 5.14. The molecule has 2 nitrogen and oxygen atoms in total. The Morgan fingerprint density at radius 3 is 2.79 bits per heavy atom. The summed E-state index contributed by atoms with van der Waals surface area (Å²) in [5.74, 6) is 1.41. The van der Waals surface area contributed by atoms with E-state index < -0.39 is 0 Å². The molecule has 3 rings (SSSR count). The summed E-state index contributed by atoms with van der Waals surface area (Å²) in [6, 6.07) is 17.3. The number of aryl methyl sites for hydroxylation is 1. The number of rotatable bonds is 3. The highest BCUT2D eigenvalue weighted by molar-refractivity contribution is 5.42. The molecule has 1 aliphatic rings. The fraction of sp³-hybridized carbons (Fsp3) is 0.294. The Kier molecular flexibility index (Phi) is 3.26. The molecule has 0 fully saturated rings. The minimum absolute atomic E-state index is 0.295. The van der Waals surface area contributed by atoms with Crippen molar-refractivity contribution in [3.63, 3.8) is 0 Å². The van der Waals surface area contributed by atoms with E-state index in [1.165, 1.54) is 16.7 Å². The van der Waals surface area contributed by atoms with Crippen LogP contribution in [-0.4, -0.2) is 13.7 Å². The predicted molar refractivity (Wildman–Crippen MR) is 77.7 cm³/mol. The Bertz CT molecular complexity index is 579. The zero-order chi connectivity index (χ0) is 13.2. The summed E-state index contributed by atoms with van der Waals surface area (Å²) in [6.45, 7) is 2.88. The van der Waals surface area contributed by atoms with Crippen LogP contribution in [0.25, 0.3) is 0 Å². The van der Waals surface area contributed by atoms with Gasteiger partial charge in [-0.05, 0) is 25.6 Å². The lowest BCUT2D eigenvalue weighted by Gasteiger charge is -2.23. The monoisotopic (exact) mass is 253 g/mol. The first-order valence-electron chi connectivity index (χ1n) is 6.75. The molecule has 2 atom stereocenters. The van der Waals surface area contributed by atoms with Crippen LogP contribution in [0.3, 0.4) is 0 Å². The molecule has 0 aromatic heterocycles. The fourth-order valence-corrected chi connectivity index (χ4v) is 2.93. The Balaban J connectivity index is 1.96. The number of fused-ring (bicyclic) bond motifs is 1. The minimum Gasteiger partial charge on any atom is -0.493 e. The van der Waals surface area contributed by atoms with E-state index in [0.717, 1.165) is 12.4 Å². The molecule has 0 aliphatic carbocycles. The lowest BCUT2D eigenvalue weighted by molar-refractivity contribution is 0.304. The molecule has 0 spiro atoms. The van der Waals surface area contributed by atoms with Crippen molar-refractivity contribution in [3.05, 3.63) is 65.2 Å². The summed E-state index contributed by atoms with van der Waals surface area (Å²) in [4.78, 5) is 0. The number of likely N-dealkylation sites (N-methyl/N-ethyl adjacent to an activating group) is 1. The summed E-state index contributed by atoms with van der Waals surface area (Å²) in [6.07, 6.45) is 0. The maximum Gasteiger partial charge on any atom is 0.122 e. The maximum absolute atomic E-state index is 5.81. The molecule has 0 saturated heterocycles. The van der Waals surface area contributed by atoms with Gasteiger partial charge < -0.3 is 10.1 Å². The van der Waals surface area contributed by atoms with E-state index in [4.69, 9.17) is 4.74 Å². The van der Waals surface area contributed by atoms with Gasteiger partial charge in [0.05, 0.1) is 6.61 Å². The van der Waals surface area contributed by atoms with Crippen LogP contribution in [0.1, 0.15) is 28.7 Å². The zero-order valence-corrected chi connectivity index (χ0v) is 11.4. The normalized spacial score (nSPS) is 18.7. The molecular weight excluding hydrogens is 234 g/mol. The molecule has 98 valence electrons. The summed E-state index contributed by atoms with van der Waals surface area (Å²) in [5, 5.41) is 3.45. The van der Waals surface area contributed by atoms with Gasteiger partial charge in [-0.25, -0.2) is 0 Å². The number of hydrogen-bond acceptors (Lipinski definition) is 2. The van der Waals surface area contributed by atoms with Crippen molar-refractivity contribution < 1.29 is 4.74 Å². The van der Waals surface area contributed by atoms with E-state index >= 15 is 0 Å². The van der Waals surface area contributed by atoms with Gasteiger partial charge in [0.15, 0.2) is 0 Å². The highest BCUT2D eigenvalue weighted by Crippen LogP contribution is 2.40. The van der Waals surface area contributed by atoms with Gasteiger partial charge in [0.2, 0.25) is 0 Å². The highest BCUT2D eigenvalue weighted by Gasteiger charge is 2.31.